The quantitative estimate of drug-likeness (QED) is 0.746. The third-order valence-corrected chi connectivity index (χ3v) is 1.69. The molecule has 0 fully saturated rings. The maximum absolute atomic E-state index is 10.5. The van der Waals surface area contributed by atoms with E-state index in [1.54, 1.807) is 11.0 Å². The summed E-state index contributed by atoms with van der Waals surface area (Å²) in [5.74, 6) is -0.570. The van der Waals surface area contributed by atoms with E-state index in [4.69, 9.17) is 9.52 Å². The molecule has 0 atom stereocenters. The zero-order valence-corrected chi connectivity index (χ0v) is 8.28. The molecule has 4 nitrogen and oxygen atoms in total. The summed E-state index contributed by atoms with van der Waals surface area (Å²) in [5.41, 5.74) is 0.987. The molecule has 14 heavy (non-hydrogen) atoms. The van der Waals surface area contributed by atoms with E-state index in [2.05, 4.69) is 6.58 Å². The number of hydrogen-bond donors (Lipinski definition) is 1. The number of likely N-dealkylation sites (N-methyl/N-ethyl adjacent to an activating group) is 1. The number of carbonyl (C=O) groups is 1. The molecule has 1 rings (SSSR count). The van der Waals surface area contributed by atoms with Crippen molar-refractivity contribution < 1.29 is 14.3 Å². The van der Waals surface area contributed by atoms with Gasteiger partial charge < -0.3 is 14.4 Å². The van der Waals surface area contributed by atoms with Gasteiger partial charge in [0, 0.05) is 19.7 Å². The van der Waals surface area contributed by atoms with E-state index in [0.717, 1.165) is 5.57 Å². The average Bonchev–Trinajstić information content (AvgIpc) is 2.50. The van der Waals surface area contributed by atoms with Gasteiger partial charge >= 0.3 is 5.97 Å². The Morgan fingerprint density at radius 3 is 2.71 bits per heavy atom. The molecule has 0 bridgehead atoms. The summed E-state index contributed by atoms with van der Waals surface area (Å²) < 4.78 is 5.09. The van der Waals surface area contributed by atoms with Gasteiger partial charge in [0.1, 0.15) is 0 Å². The van der Waals surface area contributed by atoms with Crippen LogP contribution in [0.25, 0.3) is 0 Å². The van der Waals surface area contributed by atoms with Crippen molar-refractivity contribution in [1.82, 2.24) is 0 Å². The van der Waals surface area contributed by atoms with Gasteiger partial charge in [0.2, 0.25) is 5.76 Å². The summed E-state index contributed by atoms with van der Waals surface area (Å²) in [7, 11) is 1.82. The molecule has 0 saturated carbocycles. The molecule has 0 aliphatic heterocycles. The van der Waals surface area contributed by atoms with Crippen molar-refractivity contribution in [1.29, 1.82) is 0 Å². The van der Waals surface area contributed by atoms with Crippen LogP contribution in [-0.2, 0) is 0 Å². The number of nitrogens with zero attached hydrogens (tertiary/aromatic N) is 1. The van der Waals surface area contributed by atoms with Crippen LogP contribution in [0.1, 0.15) is 17.5 Å². The van der Waals surface area contributed by atoms with Crippen molar-refractivity contribution in [3.63, 3.8) is 0 Å². The summed E-state index contributed by atoms with van der Waals surface area (Å²) in [5, 5.41) is 8.63. The van der Waals surface area contributed by atoms with Gasteiger partial charge in [-0.1, -0.05) is 12.2 Å². The van der Waals surface area contributed by atoms with Gasteiger partial charge in [0.25, 0.3) is 0 Å². The van der Waals surface area contributed by atoms with E-state index in [0.29, 0.717) is 12.4 Å². The zero-order valence-electron chi connectivity index (χ0n) is 8.28. The van der Waals surface area contributed by atoms with Gasteiger partial charge in [-0.15, -0.1) is 0 Å². The Balaban J connectivity index is 2.76. The summed E-state index contributed by atoms with van der Waals surface area (Å²) in [4.78, 5) is 12.3. The molecule has 0 unspecified atom stereocenters. The molecule has 0 saturated heterocycles. The molecule has 1 aromatic rings. The second kappa shape index (κ2) is 4.00. The molecule has 0 aliphatic rings. The summed E-state index contributed by atoms with van der Waals surface area (Å²) >= 11 is 0. The maximum atomic E-state index is 10.5. The number of furan rings is 1. The van der Waals surface area contributed by atoms with Crippen LogP contribution in [0.2, 0.25) is 0 Å². The highest BCUT2D eigenvalue weighted by atomic mass is 16.4. The average molecular weight is 195 g/mol. The van der Waals surface area contributed by atoms with Gasteiger partial charge in [-0.3, -0.25) is 0 Å². The van der Waals surface area contributed by atoms with Crippen molar-refractivity contribution in [2.24, 2.45) is 0 Å². The van der Waals surface area contributed by atoms with Gasteiger partial charge in [0.15, 0.2) is 5.88 Å². The zero-order chi connectivity index (χ0) is 10.7. The summed E-state index contributed by atoms with van der Waals surface area (Å²) in [6.07, 6.45) is 0. The minimum absolute atomic E-state index is 0.0476. The van der Waals surface area contributed by atoms with E-state index in [1.807, 2.05) is 14.0 Å². The fourth-order valence-electron chi connectivity index (χ4n) is 1.13. The molecular formula is C10H13NO3. The molecule has 1 N–H and O–H groups in total. The van der Waals surface area contributed by atoms with E-state index in [1.165, 1.54) is 6.07 Å². The molecule has 4 heteroatoms. The first-order chi connectivity index (χ1) is 6.50. The Morgan fingerprint density at radius 1 is 1.64 bits per heavy atom. The lowest BCUT2D eigenvalue weighted by Gasteiger charge is -2.15. The smallest absolute Gasteiger partial charge is 0.371 e. The minimum Gasteiger partial charge on any atom is -0.475 e. The fraction of sp³-hybridized carbons (Fsp3) is 0.300. The molecule has 0 aliphatic carbocycles. The third-order valence-electron chi connectivity index (χ3n) is 1.69. The Morgan fingerprint density at radius 2 is 2.29 bits per heavy atom. The molecule has 76 valence electrons. The van der Waals surface area contributed by atoms with Gasteiger partial charge in [-0.05, 0) is 13.0 Å². The predicted octanol–water partition coefficient (Wildman–Crippen LogP) is 1.99. The first-order valence-corrected chi connectivity index (χ1v) is 4.19. The molecule has 0 spiro atoms. The van der Waals surface area contributed by atoms with Crippen LogP contribution in [0, 0.1) is 0 Å². The first-order valence-electron chi connectivity index (χ1n) is 4.19. The number of hydrogen-bond acceptors (Lipinski definition) is 3. The predicted molar refractivity (Wildman–Crippen MR) is 53.8 cm³/mol. The molecule has 0 radical (unpaired) electrons. The van der Waals surface area contributed by atoms with E-state index < -0.39 is 5.97 Å². The van der Waals surface area contributed by atoms with Crippen molar-refractivity contribution in [3.05, 3.63) is 30.0 Å². The normalized spacial score (nSPS) is 9.86. The Labute approximate surface area is 82.4 Å². The van der Waals surface area contributed by atoms with Crippen LogP contribution in [-0.4, -0.2) is 24.7 Å². The number of carboxylic acids is 1. The standard InChI is InChI=1S/C10H13NO3/c1-7(2)6-11(3)9-5-4-8(14-9)10(12)13/h4-5H,1,6H2,2-3H3,(H,12,13). The minimum atomic E-state index is -1.06. The number of rotatable bonds is 4. The van der Waals surface area contributed by atoms with Crippen molar-refractivity contribution in [2.75, 3.05) is 18.5 Å². The van der Waals surface area contributed by atoms with E-state index >= 15 is 0 Å². The van der Waals surface area contributed by atoms with Gasteiger partial charge in [0.05, 0.1) is 0 Å². The van der Waals surface area contributed by atoms with Gasteiger partial charge in [-0.25, -0.2) is 4.79 Å². The first kappa shape index (κ1) is 10.4. The highest BCUT2D eigenvalue weighted by Gasteiger charge is 2.11. The molecule has 0 aromatic carbocycles. The lowest BCUT2D eigenvalue weighted by molar-refractivity contribution is 0.0663. The monoisotopic (exact) mass is 195 g/mol. The number of aromatic carboxylic acids is 1. The molecular weight excluding hydrogens is 182 g/mol. The Kier molecular flexibility index (Phi) is 2.96. The van der Waals surface area contributed by atoms with E-state index in [-0.39, 0.29) is 5.76 Å². The summed E-state index contributed by atoms with van der Waals surface area (Å²) in [6.45, 7) is 6.31. The molecule has 0 amide bonds. The van der Waals surface area contributed by atoms with Crippen molar-refractivity contribution in [2.45, 2.75) is 6.92 Å². The maximum Gasteiger partial charge on any atom is 0.371 e. The van der Waals surface area contributed by atoms with Crippen molar-refractivity contribution in [3.8, 4) is 0 Å². The van der Waals surface area contributed by atoms with Crippen LogP contribution >= 0.6 is 0 Å². The Hall–Kier alpha value is -1.71. The molecule has 1 aromatic heterocycles. The SMILES string of the molecule is C=C(C)CN(C)c1ccc(C(=O)O)o1. The third kappa shape index (κ3) is 2.39. The topological polar surface area (TPSA) is 53.7 Å². The second-order valence-electron chi connectivity index (χ2n) is 3.26. The van der Waals surface area contributed by atoms with Crippen LogP contribution in [0.3, 0.4) is 0 Å². The number of carboxylic acid groups (broad SMARTS) is 1. The van der Waals surface area contributed by atoms with Crippen LogP contribution < -0.4 is 4.90 Å². The van der Waals surface area contributed by atoms with Crippen LogP contribution in [0.15, 0.2) is 28.7 Å². The highest BCUT2D eigenvalue weighted by Crippen LogP contribution is 2.17. The van der Waals surface area contributed by atoms with Crippen LogP contribution in [0.4, 0.5) is 5.88 Å². The fourth-order valence-corrected chi connectivity index (χ4v) is 1.13. The number of anilines is 1. The lowest BCUT2D eigenvalue weighted by Crippen LogP contribution is -2.18. The molecule has 1 heterocycles. The largest absolute Gasteiger partial charge is 0.475 e. The van der Waals surface area contributed by atoms with E-state index in [9.17, 15) is 4.79 Å². The Bertz CT molecular complexity index is 354. The summed E-state index contributed by atoms with van der Waals surface area (Å²) in [6, 6.07) is 3.07. The van der Waals surface area contributed by atoms with Crippen molar-refractivity contribution >= 4 is 11.9 Å². The van der Waals surface area contributed by atoms with Gasteiger partial charge in [-0.2, -0.15) is 0 Å². The lowest BCUT2D eigenvalue weighted by atomic mass is 10.3. The van der Waals surface area contributed by atoms with Crippen LogP contribution in [0.5, 0.6) is 0 Å². The second-order valence-corrected chi connectivity index (χ2v) is 3.26. The highest BCUT2D eigenvalue weighted by molar-refractivity contribution is 5.84.